The highest BCUT2D eigenvalue weighted by molar-refractivity contribution is 5.94. The Balaban J connectivity index is 3.21. The first kappa shape index (κ1) is 25.9. The predicted molar refractivity (Wildman–Crippen MR) is 117 cm³/mol. The van der Waals surface area contributed by atoms with Gasteiger partial charge in [0.25, 0.3) is 0 Å². The first-order valence-electron chi connectivity index (χ1n) is 11.5. The second kappa shape index (κ2) is 19.6. The number of Topliss-reactive ketones (excluding diaryl/α,β-unsaturated/α-hetero) is 1. The number of unbranched alkanes of at least 4 members (excludes halogenated alkanes) is 14. The minimum atomic E-state index is 0.0299. The molecule has 1 N–H and O–H groups in total. The summed E-state index contributed by atoms with van der Waals surface area (Å²) in [5.41, 5.74) is 0.562. The van der Waals surface area contributed by atoms with E-state index >= 15 is 0 Å². The Hall–Kier alpha value is -1.12. The van der Waals surface area contributed by atoms with Crippen molar-refractivity contribution in [2.75, 3.05) is 6.54 Å². The molecule has 0 spiro atoms. The van der Waals surface area contributed by atoms with E-state index in [0.29, 0.717) is 25.0 Å². The number of rotatable bonds is 20. The van der Waals surface area contributed by atoms with Crippen molar-refractivity contribution in [3.63, 3.8) is 0 Å². The summed E-state index contributed by atoms with van der Waals surface area (Å²) in [5, 5.41) is 2.82. The Morgan fingerprint density at radius 2 is 1.07 bits per heavy atom. The van der Waals surface area contributed by atoms with E-state index < -0.39 is 0 Å². The van der Waals surface area contributed by atoms with Crippen LogP contribution in [0, 0.1) is 0 Å². The van der Waals surface area contributed by atoms with Crippen molar-refractivity contribution in [2.45, 2.75) is 123 Å². The molecule has 1 amide bonds. The molecule has 3 nitrogen and oxygen atoms in total. The minimum absolute atomic E-state index is 0.0299. The molecule has 0 rings (SSSR count). The molecule has 0 bridgehead atoms. The maximum Gasteiger partial charge on any atom is 0.220 e. The van der Waals surface area contributed by atoms with Gasteiger partial charge >= 0.3 is 0 Å². The molecule has 27 heavy (non-hydrogen) atoms. The summed E-state index contributed by atoms with van der Waals surface area (Å²) < 4.78 is 0. The number of ketones is 1. The van der Waals surface area contributed by atoms with E-state index in [-0.39, 0.29) is 11.7 Å². The Morgan fingerprint density at radius 1 is 0.667 bits per heavy atom. The topological polar surface area (TPSA) is 46.2 Å². The fraction of sp³-hybridized carbons (Fsp3) is 0.833. The second-order valence-electron chi connectivity index (χ2n) is 8.00. The van der Waals surface area contributed by atoms with Crippen molar-refractivity contribution in [1.82, 2.24) is 5.32 Å². The lowest BCUT2D eigenvalue weighted by atomic mass is 10.0. The van der Waals surface area contributed by atoms with Crippen molar-refractivity contribution in [2.24, 2.45) is 0 Å². The fourth-order valence-corrected chi connectivity index (χ4v) is 3.27. The maximum absolute atomic E-state index is 11.7. The first-order valence-corrected chi connectivity index (χ1v) is 11.5. The van der Waals surface area contributed by atoms with Crippen LogP contribution in [0.15, 0.2) is 12.2 Å². The monoisotopic (exact) mass is 379 g/mol. The molecule has 0 atom stereocenters. The summed E-state index contributed by atoms with van der Waals surface area (Å²) in [5.74, 6) is 0.0986. The third-order valence-electron chi connectivity index (χ3n) is 5.16. The smallest absolute Gasteiger partial charge is 0.220 e. The molecule has 0 aliphatic heterocycles. The summed E-state index contributed by atoms with van der Waals surface area (Å²) in [4.78, 5) is 23.1. The van der Waals surface area contributed by atoms with E-state index in [1.807, 2.05) is 0 Å². The molecule has 0 unspecified atom stereocenters. The van der Waals surface area contributed by atoms with Gasteiger partial charge in [0.15, 0.2) is 5.78 Å². The number of carbonyl (C=O) groups excluding carboxylic acids is 2. The van der Waals surface area contributed by atoms with Crippen LogP contribution in [0.2, 0.25) is 0 Å². The highest BCUT2D eigenvalue weighted by atomic mass is 16.1. The van der Waals surface area contributed by atoms with Gasteiger partial charge in [-0.05, 0) is 18.9 Å². The van der Waals surface area contributed by atoms with Crippen molar-refractivity contribution in [1.29, 1.82) is 0 Å². The molecule has 0 aromatic heterocycles. The summed E-state index contributed by atoms with van der Waals surface area (Å²) >= 11 is 0. The van der Waals surface area contributed by atoms with Crippen LogP contribution < -0.4 is 5.32 Å². The zero-order valence-corrected chi connectivity index (χ0v) is 18.3. The SMILES string of the molecule is C=C(C)C(=O)CCNC(=O)CCCCCCCCCCCCCCCCC. The third kappa shape index (κ3) is 19.4. The van der Waals surface area contributed by atoms with Gasteiger partial charge < -0.3 is 5.32 Å². The van der Waals surface area contributed by atoms with E-state index in [1.165, 1.54) is 83.5 Å². The van der Waals surface area contributed by atoms with Crippen molar-refractivity contribution in [3.05, 3.63) is 12.2 Å². The number of hydrogen-bond donors (Lipinski definition) is 1. The molecule has 0 heterocycles. The molecule has 0 aliphatic carbocycles. The molecule has 3 heteroatoms. The van der Waals surface area contributed by atoms with Gasteiger partial charge in [-0.1, -0.05) is 103 Å². The summed E-state index contributed by atoms with van der Waals surface area (Å²) in [6.07, 6.45) is 20.9. The van der Waals surface area contributed by atoms with Crippen LogP contribution in [0.3, 0.4) is 0 Å². The largest absolute Gasteiger partial charge is 0.356 e. The lowest BCUT2D eigenvalue weighted by Crippen LogP contribution is -2.25. The number of allylic oxidation sites excluding steroid dienone is 1. The molecule has 0 aromatic rings. The summed E-state index contributed by atoms with van der Waals surface area (Å²) in [7, 11) is 0. The number of carbonyl (C=O) groups is 2. The molecular weight excluding hydrogens is 334 g/mol. The van der Waals surface area contributed by atoms with E-state index in [1.54, 1.807) is 6.92 Å². The van der Waals surface area contributed by atoms with Gasteiger partial charge in [-0.3, -0.25) is 9.59 Å². The average molecular weight is 380 g/mol. The van der Waals surface area contributed by atoms with Gasteiger partial charge in [0.05, 0.1) is 0 Å². The van der Waals surface area contributed by atoms with Gasteiger partial charge in [-0.2, -0.15) is 0 Å². The molecule has 0 aromatic carbocycles. The zero-order valence-electron chi connectivity index (χ0n) is 18.3. The van der Waals surface area contributed by atoms with Crippen LogP contribution in [0.5, 0.6) is 0 Å². The Labute approximate surface area is 168 Å². The molecule has 0 saturated carbocycles. The molecule has 158 valence electrons. The van der Waals surface area contributed by atoms with E-state index in [4.69, 9.17) is 0 Å². The molecule has 0 radical (unpaired) electrons. The minimum Gasteiger partial charge on any atom is -0.356 e. The van der Waals surface area contributed by atoms with Crippen LogP contribution >= 0.6 is 0 Å². The highest BCUT2D eigenvalue weighted by Crippen LogP contribution is 2.13. The molecule has 0 fully saturated rings. The van der Waals surface area contributed by atoms with Crippen LogP contribution in [0.1, 0.15) is 123 Å². The van der Waals surface area contributed by atoms with Gasteiger partial charge in [-0.25, -0.2) is 0 Å². The van der Waals surface area contributed by atoms with Crippen LogP contribution in [0.25, 0.3) is 0 Å². The van der Waals surface area contributed by atoms with E-state index in [2.05, 4.69) is 18.8 Å². The highest BCUT2D eigenvalue weighted by Gasteiger charge is 2.04. The van der Waals surface area contributed by atoms with Crippen LogP contribution in [0.4, 0.5) is 0 Å². The third-order valence-corrected chi connectivity index (χ3v) is 5.16. The standard InChI is InChI=1S/C24H45NO2/c1-4-5-6-7-8-9-10-11-12-13-14-15-16-17-18-19-24(27)25-21-20-23(26)22(2)3/h2,4-21H2,1,3H3,(H,25,27). The molecule has 0 saturated heterocycles. The Bertz CT molecular complexity index is 390. The number of nitrogens with one attached hydrogen (secondary N) is 1. The summed E-state index contributed by atoms with van der Waals surface area (Å²) in [6.45, 7) is 8.03. The zero-order chi connectivity index (χ0) is 20.2. The maximum atomic E-state index is 11.7. The number of amides is 1. The molecule has 0 aliphatic rings. The second-order valence-corrected chi connectivity index (χ2v) is 8.00. The van der Waals surface area contributed by atoms with Gasteiger partial charge in [0, 0.05) is 19.4 Å². The lowest BCUT2D eigenvalue weighted by Gasteiger charge is -2.05. The first-order chi connectivity index (χ1) is 13.1. The summed E-state index contributed by atoms with van der Waals surface area (Å²) in [6, 6.07) is 0. The molecular formula is C24H45NO2. The fourth-order valence-electron chi connectivity index (χ4n) is 3.27. The van der Waals surface area contributed by atoms with Gasteiger partial charge in [-0.15, -0.1) is 0 Å². The van der Waals surface area contributed by atoms with Crippen LogP contribution in [-0.2, 0) is 9.59 Å². The van der Waals surface area contributed by atoms with Crippen LogP contribution in [-0.4, -0.2) is 18.2 Å². The van der Waals surface area contributed by atoms with Crippen molar-refractivity contribution in [3.8, 4) is 0 Å². The van der Waals surface area contributed by atoms with E-state index in [9.17, 15) is 9.59 Å². The average Bonchev–Trinajstić information content (AvgIpc) is 2.64. The van der Waals surface area contributed by atoms with Crippen molar-refractivity contribution < 1.29 is 9.59 Å². The van der Waals surface area contributed by atoms with Gasteiger partial charge in [0.1, 0.15) is 0 Å². The van der Waals surface area contributed by atoms with Crippen molar-refractivity contribution >= 4 is 11.7 Å². The Kier molecular flexibility index (Phi) is 18.8. The Morgan fingerprint density at radius 3 is 1.48 bits per heavy atom. The van der Waals surface area contributed by atoms with Gasteiger partial charge in [0.2, 0.25) is 5.91 Å². The van der Waals surface area contributed by atoms with E-state index in [0.717, 1.165) is 12.8 Å². The predicted octanol–water partition coefficient (Wildman–Crippen LogP) is 6.90. The normalized spacial score (nSPS) is 10.7. The number of hydrogen-bond acceptors (Lipinski definition) is 2. The lowest BCUT2D eigenvalue weighted by molar-refractivity contribution is -0.121. The quantitative estimate of drug-likeness (QED) is 0.185.